The van der Waals surface area contributed by atoms with Gasteiger partial charge >= 0.3 is 8.56 Å². The summed E-state index contributed by atoms with van der Waals surface area (Å²) >= 11 is 0. The van der Waals surface area contributed by atoms with E-state index >= 15 is 0 Å². The smallest absolute Gasteiger partial charge is 0.338 e. The lowest BCUT2D eigenvalue weighted by atomic mass is 10.4. The molecule has 0 rings (SSSR count). The van der Waals surface area contributed by atoms with E-state index in [1.54, 1.807) is 0 Å². The highest BCUT2D eigenvalue weighted by molar-refractivity contribution is 6.67. The Bertz CT molecular complexity index is 129. The fraction of sp³-hybridized carbons (Fsp3) is 1.00. The molecule has 0 N–H and O–H groups in total. The predicted octanol–water partition coefficient (Wildman–Crippen LogP) is 4.49. The lowest BCUT2D eigenvalue weighted by Gasteiger charge is -2.30. The Morgan fingerprint density at radius 2 is 1.31 bits per heavy atom. The molecule has 0 spiro atoms. The summed E-state index contributed by atoms with van der Waals surface area (Å²) in [6.07, 6.45) is 6.08. The highest BCUT2D eigenvalue weighted by atomic mass is 28.4. The van der Waals surface area contributed by atoms with Gasteiger partial charge in [0.05, 0.1) is 0 Å². The fourth-order valence-corrected chi connectivity index (χ4v) is 5.70. The normalized spacial score (nSPS) is 12.0. The van der Waals surface area contributed by atoms with Gasteiger partial charge in [-0.05, 0) is 25.4 Å². The van der Waals surface area contributed by atoms with E-state index in [9.17, 15) is 0 Å². The third-order valence-corrected chi connectivity index (χ3v) is 6.57. The van der Waals surface area contributed by atoms with Crippen molar-refractivity contribution >= 4 is 8.56 Å². The first-order chi connectivity index (χ1) is 7.74. The van der Waals surface area contributed by atoms with Crippen LogP contribution in [0.1, 0.15) is 59.8 Å². The zero-order chi connectivity index (χ0) is 12.3. The van der Waals surface area contributed by atoms with Crippen LogP contribution in [-0.4, -0.2) is 21.8 Å². The van der Waals surface area contributed by atoms with E-state index in [1.807, 2.05) is 0 Å². The van der Waals surface area contributed by atoms with Crippen molar-refractivity contribution in [3.63, 3.8) is 0 Å². The largest absolute Gasteiger partial charge is 0.394 e. The molecule has 0 aromatic rings. The number of hydrogen-bond donors (Lipinski definition) is 0. The third kappa shape index (κ3) is 6.66. The average molecular weight is 246 g/mol. The first-order valence-corrected chi connectivity index (χ1v) is 9.25. The van der Waals surface area contributed by atoms with Crippen molar-refractivity contribution in [3.05, 3.63) is 0 Å². The lowest BCUT2D eigenvalue weighted by molar-refractivity contribution is 0.172. The van der Waals surface area contributed by atoms with Crippen LogP contribution in [-0.2, 0) is 8.85 Å². The Hall–Kier alpha value is 0.137. The van der Waals surface area contributed by atoms with Gasteiger partial charge in [0.25, 0.3) is 0 Å². The maximum Gasteiger partial charge on any atom is 0.338 e. The molecule has 0 aliphatic carbocycles. The summed E-state index contributed by atoms with van der Waals surface area (Å²) in [4.78, 5) is 0. The van der Waals surface area contributed by atoms with Gasteiger partial charge in [-0.3, -0.25) is 0 Å². The van der Waals surface area contributed by atoms with Crippen LogP contribution in [0.2, 0.25) is 12.1 Å². The Balaban J connectivity index is 4.32. The molecule has 0 aromatic heterocycles. The van der Waals surface area contributed by atoms with Crippen molar-refractivity contribution in [2.75, 3.05) is 13.2 Å². The van der Waals surface area contributed by atoms with E-state index in [0.29, 0.717) is 0 Å². The second kappa shape index (κ2) is 10.3. The summed E-state index contributed by atoms with van der Waals surface area (Å²) < 4.78 is 12.2. The van der Waals surface area contributed by atoms with Crippen molar-refractivity contribution in [1.29, 1.82) is 0 Å². The van der Waals surface area contributed by atoms with Crippen LogP contribution in [0.4, 0.5) is 0 Å². The van der Waals surface area contributed by atoms with E-state index in [1.165, 1.54) is 37.8 Å². The Kier molecular flexibility index (Phi) is 10.4. The standard InChI is InChI=1S/C13H30O2Si/c1-5-9-12-16(14-8-4,13-10-6-2)15-11-7-3/h5-13H2,1-4H3. The van der Waals surface area contributed by atoms with Gasteiger partial charge in [-0.2, -0.15) is 0 Å². The minimum absolute atomic E-state index is 0.809. The molecule has 0 amide bonds. The molecule has 0 unspecified atom stereocenters. The average Bonchev–Trinajstić information content (AvgIpc) is 2.31. The van der Waals surface area contributed by atoms with Crippen molar-refractivity contribution < 1.29 is 8.85 Å². The Labute approximate surface area is 103 Å². The van der Waals surface area contributed by atoms with E-state index in [-0.39, 0.29) is 0 Å². The summed E-state index contributed by atoms with van der Waals surface area (Å²) in [6, 6.07) is 2.36. The molecule has 98 valence electrons. The molecule has 0 bridgehead atoms. The Morgan fingerprint density at radius 1 is 0.750 bits per heavy atom. The second-order valence-corrected chi connectivity index (χ2v) is 7.80. The highest BCUT2D eigenvalue weighted by Crippen LogP contribution is 2.24. The van der Waals surface area contributed by atoms with E-state index < -0.39 is 8.56 Å². The van der Waals surface area contributed by atoms with Crippen LogP contribution in [0, 0.1) is 0 Å². The molecule has 16 heavy (non-hydrogen) atoms. The van der Waals surface area contributed by atoms with Crippen molar-refractivity contribution in [2.24, 2.45) is 0 Å². The topological polar surface area (TPSA) is 18.5 Å². The van der Waals surface area contributed by atoms with Gasteiger partial charge in [0.15, 0.2) is 0 Å². The van der Waals surface area contributed by atoms with E-state index in [2.05, 4.69) is 27.7 Å². The molecule has 3 heteroatoms. The summed E-state index contributed by atoms with van der Waals surface area (Å²) in [5.74, 6) is 0. The summed E-state index contributed by atoms with van der Waals surface area (Å²) in [7, 11) is -1.86. The predicted molar refractivity (Wildman–Crippen MR) is 73.1 cm³/mol. The van der Waals surface area contributed by atoms with Crippen LogP contribution >= 0.6 is 0 Å². The number of rotatable bonds is 11. The first-order valence-electron chi connectivity index (χ1n) is 7.02. The van der Waals surface area contributed by atoms with Gasteiger partial charge in [-0.15, -0.1) is 0 Å². The molecule has 0 aliphatic rings. The van der Waals surface area contributed by atoms with Crippen molar-refractivity contribution in [1.82, 2.24) is 0 Å². The van der Waals surface area contributed by atoms with Crippen LogP contribution in [0.15, 0.2) is 0 Å². The number of unbranched alkanes of at least 4 members (excludes halogenated alkanes) is 2. The quantitative estimate of drug-likeness (QED) is 0.500. The second-order valence-electron chi connectivity index (χ2n) is 4.40. The molecular formula is C13H30O2Si. The van der Waals surface area contributed by atoms with Gasteiger partial charge in [-0.1, -0.05) is 46.5 Å². The van der Waals surface area contributed by atoms with Crippen LogP contribution in [0.25, 0.3) is 0 Å². The third-order valence-electron chi connectivity index (χ3n) is 2.80. The molecule has 0 radical (unpaired) electrons. The zero-order valence-electron chi connectivity index (χ0n) is 11.7. The minimum atomic E-state index is -1.86. The fourth-order valence-electron chi connectivity index (χ4n) is 1.90. The summed E-state index contributed by atoms with van der Waals surface area (Å²) in [6.45, 7) is 10.4. The molecular weight excluding hydrogens is 216 g/mol. The van der Waals surface area contributed by atoms with Gasteiger partial charge in [-0.25, -0.2) is 0 Å². The molecule has 0 aliphatic heterocycles. The summed E-state index contributed by atoms with van der Waals surface area (Å²) in [5.41, 5.74) is 0. The molecule has 0 saturated carbocycles. The van der Waals surface area contributed by atoms with E-state index in [4.69, 9.17) is 8.85 Å². The zero-order valence-corrected chi connectivity index (χ0v) is 12.7. The minimum Gasteiger partial charge on any atom is -0.394 e. The highest BCUT2D eigenvalue weighted by Gasteiger charge is 2.35. The maximum atomic E-state index is 6.14. The van der Waals surface area contributed by atoms with E-state index in [0.717, 1.165) is 19.6 Å². The lowest BCUT2D eigenvalue weighted by Crippen LogP contribution is -2.42. The van der Waals surface area contributed by atoms with Crippen molar-refractivity contribution in [3.8, 4) is 0 Å². The summed E-state index contributed by atoms with van der Waals surface area (Å²) in [5, 5.41) is 0. The first kappa shape index (κ1) is 16.1. The molecule has 2 nitrogen and oxygen atoms in total. The van der Waals surface area contributed by atoms with Crippen LogP contribution in [0.3, 0.4) is 0 Å². The molecule has 0 fully saturated rings. The maximum absolute atomic E-state index is 6.14. The van der Waals surface area contributed by atoms with Crippen LogP contribution < -0.4 is 0 Å². The molecule has 0 atom stereocenters. The Morgan fingerprint density at radius 3 is 1.69 bits per heavy atom. The van der Waals surface area contributed by atoms with Crippen molar-refractivity contribution in [2.45, 2.75) is 71.9 Å². The molecule has 0 saturated heterocycles. The molecule has 0 aromatic carbocycles. The number of hydrogen-bond acceptors (Lipinski definition) is 2. The van der Waals surface area contributed by atoms with Gasteiger partial charge < -0.3 is 8.85 Å². The monoisotopic (exact) mass is 246 g/mol. The molecule has 0 heterocycles. The van der Waals surface area contributed by atoms with Gasteiger partial charge in [0.1, 0.15) is 0 Å². The SMILES string of the molecule is CCCC[Si](CCCC)(OCC)OCCC. The van der Waals surface area contributed by atoms with Gasteiger partial charge in [0.2, 0.25) is 0 Å². The van der Waals surface area contributed by atoms with Crippen LogP contribution in [0.5, 0.6) is 0 Å². The van der Waals surface area contributed by atoms with Gasteiger partial charge in [0, 0.05) is 13.2 Å².